The summed E-state index contributed by atoms with van der Waals surface area (Å²) in [6.07, 6.45) is 2.58. The summed E-state index contributed by atoms with van der Waals surface area (Å²) >= 11 is 1.92. The Morgan fingerprint density at radius 1 is 1.23 bits per heavy atom. The minimum absolute atomic E-state index is 0.00133. The summed E-state index contributed by atoms with van der Waals surface area (Å²) < 4.78 is 5.21. The second-order valence-electron chi connectivity index (χ2n) is 7.11. The standard InChI is InChI=1S/C16H30N2O3S/c1-6-16(5,11-18-14(20)21-15(2,3)4)13(19)17-10-12-8-7-9-22-12/h12H,6-11H2,1-5H3,(H,17,19)(H,18,20)/t12-,16+/m0/s1. The van der Waals surface area contributed by atoms with Crippen molar-refractivity contribution >= 4 is 23.8 Å². The molecule has 0 aromatic rings. The first-order chi connectivity index (χ1) is 10.2. The van der Waals surface area contributed by atoms with Crippen LogP contribution >= 0.6 is 11.8 Å². The number of rotatable bonds is 6. The maximum absolute atomic E-state index is 12.4. The maximum atomic E-state index is 12.4. The van der Waals surface area contributed by atoms with E-state index in [9.17, 15) is 9.59 Å². The van der Waals surface area contributed by atoms with Gasteiger partial charge >= 0.3 is 6.09 Å². The Morgan fingerprint density at radius 3 is 2.41 bits per heavy atom. The highest BCUT2D eigenvalue weighted by atomic mass is 32.2. The molecule has 2 atom stereocenters. The molecule has 5 nitrogen and oxygen atoms in total. The van der Waals surface area contributed by atoms with Crippen LogP contribution in [0.2, 0.25) is 0 Å². The first-order valence-corrected chi connectivity index (χ1v) is 9.08. The fourth-order valence-electron chi connectivity index (χ4n) is 2.17. The molecule has 0 saturated carbocycles. The molecule has 1 aliphatic heterocycles. The van der Waals surface area contributed by atoms with Crippen LogP contribution in [0.3, 0.4) is 0 Å². The molecule has 1 rings (SSSR count). The van der Waals surface area contributed by atoms with Gasteiger partial charge in [-0.15, -0.1) is 0 Å². The van der Waals surface area contributed by atoms with Crippen LogP contribution in [-0.4, -0.2) is 41.7 Å². The molecular formula is C16H30N2O3S. The van der Waals surface area contributed by atoms with Gasteiger partial charge in [-0.1, -0.05) is 6.92 Å². The number of nitrogens with one attached hydrogen (secondary N) is 2. The second-order valence-corrected chi connectivity index (χ2v) is 8.52. The SMILES string of the molecule is CC[C@](C)(CNC(=O)OC(C)(C)C)C(=O)NC[C@@H]1CCCS1. The fraction of sp³-hybridized carbons (Fsp3) is 0.875. The van der Waals surface area contributed by atoms with Gasteiger partial charge in [0.1, 0.15) is 5.60 Å². The van der Waals surface area contributed by atoms with E-state index in [-0.39, 0.29) is 12.5 Å². The summed E-state index contributed by atoms with van der Waals surface area (Å²) in [4.78, 5) is 24.2. The molecule has 0 radical (unpaired) electrons. The van der Waals surface area contributed by atoms with Crippen molar-refractivity contribution in [2.45, 2.75) is 64.7 Å². The Bertz CT molecular complexity index is 389. The average molecular weight is 330 g/mol. The molecule has 1 aliphatic rings. The van der Waals surface area contributed by atoms with Gasteiger partial charge in [0.15, 0.2) is 0 Å². The number of amides is 2. The highest BCUT2D eigenvalue weighted by molar-refractivity contribution is 8.00. The number of hydrogen-bond donors (Lipinski definition) is 2. The molecular weight excluding hydrogens is 300 g/mol. The van der Waals surface area contributed by atoms with Gasteiger partial charge in [-0.25, -0.2) is 4.79 Å². The quantitative estimate of drug-likeness (QED) is 0.786. The van der Waals surface area contributed by atoms with Gasteiger partial charge in [0.2, 0.25) is 5.91 Å². The van der Waals surface area contributed by atoms with Crippen molar-refractivity contribution in [3.05, 3.63) is 0 Å². The molecule has 22 heavy (non-hydrogen) atoms. The fourth-order valence-corrected chi connectivity index (χ4v) is 3.37. The Labute approximate surface area is 138 Å². The van der Waals surface area contributed by atoms with Crippen molar-refractivity contribution in [3.8, 4) is 0 Å². The molecule has 0 aliphatic carbocycles. The summed E-state index contributed by atoms with van der Waals surface area (Å²) in [6.45, 7) is 10.3. The lowest BCUT2D eigenvalue weighted by atomic mass is 9.86. The number of alkyl carbamates (subject to hydrolysis) is 1. The van der Waals surface area contributed by atoms with E-state index < -0.39 is 17.1 Å². The maximum Gasteiger partial charge on any atom is 0.407 e. The van der Waals surface area contributed by atoms with Crippen molar-refractivity contribution in [2.75, 3.05) is 18.8 Å². The Morgan fingerprint density at radius 2 is 1.91 bits per heavy atom. The first-order valence-electron chi connectivity index (χ1n) is 8.03. The van der Waals surface area contributed by atoms with Crippen LogP contribution in [0, 0.1) is 5.41 Å². The molecule has 6 heteroatoms. The summed E-state index contributed by atoms with van der Waals surface area (Å²) in [5.41, 5.74) is -1.14. The van der Waals surface area contributed by atoms with Gasteiger partial charge in [0, 0.05) is 18.3 Å². The number of carbonyl (C=O) groups is 2. The highest BCUT2D eigenvalue weighted by Crippen LogP contribution is 2.26. The molecule has 2 N–H and O–H groups in total. The molecule has 0 unspecified atom stereocenters. The highest BCUT2D eigenvalue weighted by Gasteiger charge is 2.33. The molecule has 128 valence electrons. The van der Waals surface area contributed by atoms with E-state index in [0.29, 0.717) is 18.2 Å². The van der Waals surface area contributed by atoms with E-state index in [1.165, 1.54) is 18.6 Å². The number of ether oxygens (including phenoxy) is 1. The van der Waals surface area contributed by atoms with Gasteiger partial charge in [-0.3, -0.25) is 4.79 Å². The third kappa shape index (κ3) is 6.46. The van der Waals surface area contributed by atoms with E-state index in [2.05, 4.69) is 10.6 Å². The first kappa shape index (κ1) is 19.1. The zero-order chi connectivity index (χ0) is 16.8. The van der Waals surface area contributed by atoms with E-state index >= 15 is 0 Å². The van der Waals surface area contributed by atoms with Gasteiger partial charge in [0.25, 0.3) is 0 Å². The lowest BCUT2D eigenvalue weighted by Crippen LogP contribution is -2.48. The molecule has 0 aromatic carbocycles. The molecule has 0 spiro atoms. The van der Waals surface area contributed by atoms with E-state index in [4.69, 9.17) is 4.74 Å². The average Bonchev–Trinajstić information content (AvgIpc) is 2.93. The Balaban J connectivity index is 2.44. The largest absolute Gasteiger partial charge is 0.444 e. The molecule has 0 bridgehead atoms. The van der Waals surface area contributed by atoms with Gasteiger partial charge < -0.3 is 15.4 Å². The molecule has 0 aromatic heterocycles. The number of hydrogen-bond acceptors (Lipinski definition) is 4. The third-order valence-electron chi connectivity index (χ3n) is 3.86. The topological polar surface area (TPSA) is 67.4 Å². The summed E-state index contributed by atoms with van der Waals surface area (Å²) in [6, 6.07) is 0. The van der Waals surface area contributed by atoms with Crippen LogP contribution in [0.25, 0.3) is 0 Å². The zero-order valence-electron chi connectivity index (χ0n) is 14.5. The van der Waals surface area contributed by atoms with Crippen molar-refractivity contribution in [3.63, 3.8) is 0 Å². The normalized spacial score (nSPS) is 21.0. The minimum Gasteiger partial charge on any atom is -0.444 e. The second kappa shape index (κ2) is 8.09. The summed E-state index contributed by atoms with van der Waals surface area (Å²) in [5.74, 6) is 1.18. The summed E-state index contributed by atoms with van der Waals surface area (Å²) in [7, 11) is 0. The van der Waals surface area contributed by atoms with Crippen molar-refractivity contribution in [2.24, 2.45) is 5.41 Å². The Hall–Kier alpha value is -0.910. The van der Waals surface area contributed by atoms with Crippen LogP contribution in [0.1, 0.15) is 53.9 Å². The predicted molar refractivity (Wildman–Crippen MR) is 91.1 cm³/mol. The van der Waals surface area contributed by atoms with E-state index in [1.54, 1.807) is 0 Å². The monoisotopic (exact) mass is 330 g/mol. The smallest absolute Gasteiger partial charge is 0.407 e. The minimum atomic E-state index is -0.611. The summed E-state index contributed by atoms with van der Waals surface area (Å²) in [5, 5.41) is 6.28. The van der Waals surface area contributed by atoms with Crippen LogP contribution < -0.4 is 10.6 Å². The molecule has 2 amide bonds. The van der Waals surface area contributed by atoms with Crippen molar-refractivity contribution < 1.29 is 14.3 Å². The van der Waals surface area contributed by atoms with Crippen LogP contribution in [0.5, 0.6) is 0 Å². The van der Waals surface area contributed by atoms with Crippen LogP contribution in [-0.2, 0) is 9.53 Å². The number of carbonyl (C=O) groups excluding carboxylic acids is 2. The van der Waals surface area contributed by atoms with Gasteiger partial charge in [-0.2, -0.15) is 11.8 Å². The van der Waals surface area contributed by atoms with Crippen LogP contribution in [0.4, 0.5) is 4.79 Å². The molecule has 1 fully saturated rings. The van der Waals surface area contributed by atoms with Gasteiger partial charge in [-0.05, 0) is 52.7 Å². The van der Waals surface area contributed by atoms with Gasteiger partial charge in [0.05, 0.1) is 5.41 Å². The van der Waals surface area contributed by atoms with E-state index in [0.717, 1.165) is 0 Å². The van der Waals surface area contributed by atoms with E-state index in [1.807, 2.05) is 46.4 Å². The van der Waals surface area contributed by atoms with Crippen molar-refractivity contribution in [1.82, 2.24) is 10.6 Å². The van der Waals surface area contributed by atoms with Crippen LogP contribution in [0.15, 0.2) is 0 Å². The predicted octanol–water partition coefficient (Wildman–Crippen LogP) is 2.94. The molecule has 1 heterocycles. The third-order valence-corrected chi connectivity index (χ3v) is 5.26. The Kier molecular flexibility index (Phi) is 7.03. The zero-order valence-corrected chi connectivity index (χ0v) is 15.3. The van der Waals surface area contributed by atoms with Crippen molar-refractivity contribution in [1.29, 1.82) is 0 Å². The lowest BCUT2D eigenvalue weighted by Gasteiger charge is -2.28. The molecule has 1 saturated heterocycles. The lowest BCUT2D eigenvalue weighted by molar-refractivity contribution is -0.130. The number of thioether (sulfide) groups is 1.